The fraction of sp³-hybridized carbons (Fsp3) is 0.471. The zero-order chi connectivity index (χ0) is 15.1. The van der Waals surface area contributed by atoms with Crippen molar-refractivity contribution in [3.8, 4) is 0 Å². The van der Waals surface area contributed by atoms with Crippen LogP contribution in [0.3, 0.4) is 0 Å². The Hall–Kier alpha value is -2.01. The molecule has 2 heterocycles. The first-order valence-electron chi connectivity index (χ1n) is 8.07. The lowest BCUT2D eigenvalue weighted by atomic mass is 10.0. The van der Waals surface area contributed by atoms with Crippen LogP contribution in [0.15, 0.2) is 18.2 Å². The molecule has 1 aliphatic carbocycles. The van der Waals surface area contributed by atoms with E-state index in [1.165, 1.54) is 47.8 Å². The minimum atomic E-state index is 0.645. The monoisotopic (exact) mass is 295 g/mol. The SMILES string of the molecule is Cc1cc2cc(CNC3CCCC3)c3nnnn3c2cc1C. The maximum absolute atomic E-state index is 4.23. The third-order valence-electron chi connectivity index (χ3n) is 4.89. The summed E-state index contributed by atoms with van der Waals surface area (Å²) in [5.41, 5.74) is 5.68. The molecule has 1 aliphatic rings. The highest BCUT2D eigenvalue weighted by Gasteiger charge is 2.16. The standard InChI is InChI=1S/C17H21N5/c1-11-7-13-9-14(10-18-15-5-3-4-6-15)17-19-20-21-22(17)16(13)8-12(11)2/h7-9,15,18H,3-6,10H2,1-2H3. The molecule has 0 saturated heterocycles. The van der Waals surface area contributed by atoms with Crippen LogP contribution in [0, 0.1) is 13.8 Å². The summed E-state index contributed by atoms with van der Waals surface area (Å²) in [5, 5.41) is 17.2. The first-order chi connectivity index (χ1) is 10.7. The molecule has 114 valence electrons. The molecule has 0 amide bonds. The number of hydrogen-bond donors (Lipinski definition) is 1. The van der Waals surface area contributed by atoms with Gasteiger partial charge in [0.15, 0.2) is 5.65 Å². The number of hydrogen-bond acceptors (Lipinski definition) is 4. The zero-order valence-corrected chi connectivity index (χ0v) is 13.1. The number of aromatic nitrogens is 4. The number of tetrazole rings is 1. The van der Waals surface area contributed by atoms with E-state index in [-0.39, 0.29) is 0 Å². The Balaban J connectivity index is 1.78. The molecule has 0 atom stereocenters. The molecule has 0 aliphatic heterocycles. The molecule has 1 saturated carbocycles. The van der Waals surface area contributed by atoms with Gasteiger partial charge in [-0.2, -0.15) is 4.52 Å². The van der Waals surface area contributed by atoms with E-state index < -0.39 is 0 Å². The number of nitrogens with one attached hydrogen (secondary N) is 1. The second-order valence-electron chi connectivity index (χ2n) is 6.44. The van der Waals surface area contributed by atoms with Gasteiger partial charge in [-0.1, -0.05) is 12.8 Å². The summed E-state index contributed by atoms with van der Waals surface area (Å²) in [6.45, 7) is 5.10. The molecule has 0 spiro atoms. The summed E-state index contributed by atoms with van der Waals surface area (Å²) in [4.78, 5) is 0. The molecule has 2 aromatic heterocycles. The van der Waals surface area contributed by atoms with Crippen LogP contribution < -0.4 is 5.32 Å². The van der Waals surface area contributed by atoms with Gasteiger partial charge in [0.05, 0.1) is 5.52 Å². The third kappa shape index (κ3) is 2.25. The molecule has 1 N–H and O–H groups in total. The number of aryl methyl sites for hydroxylation is 2. The quantitative estimate of drug-likeness (QED) is 0.807. The van der Waals surface area contributed by atoms with E-state index in [0.29, 0.717) is 6.04 Å². The number of fused-ring (bicyclic) bond motifs is 3. The van der Waals surface area contributed by atoms with Crippen LogP contribution in [0.4, 0.5) is 0 Å². The van der Waals surface area contributed by atoms with Crippen molar-refractivity contribution in [1.29, 1.82) is 0 Å². The van der Waals surface area contributed by atoms with Crippen LogP contribution in [-0.2, 0) is 6.54 Å². The van der Waals surface area contributed by atoms with Crippen molar-refractivity contribution in [2.75, 3.05) is 0 Å². The summed E-state index contributed by atoms with van der Waals surface area (Å²) in [7, 11) is 0. The van der Waals surface area contributed by atoms with Crippen molar-refractivity contribution >= 4 is 16.6 Å². The smallest absolute Gasteiger partial charge is 0.184 e. The van der Waals surface area contributed by atoms with Crippen LogP contribution >= 0.6 is 0 Å². The lowest BCUT2D eigenvalue weighted by Gasteiger charge is -2.13. The molecule has 5 nitrogen and oxygen atoms in total. The van der Waals surface area contributed by atoms with Crippen LogP contribution in [0.2, 0.25) is 0 Å². The Bertz CT molecular complexity index is 830. The van der Waals surface area contributed by atoms with E-state index in [4.69, 9.17) is 0 Å². The highest BCUT2D eigenvalue weighted by molar-refractivity contribution is 5.84. The molecular formula is C17H21N5. The summed E-state index contributed by atoms with van der Waals surface area (Å²) in [6, 6.07) is 7.27. The van der Waals surface area contributed by atoms with Gasteiger partial charge in [0, 0.05) is 23.5 Å². The van der Waals surface area contributed by atoms with Gasteiger partial charge in [0.2, 0.25) is 0 Å². The molecule has 0 radical (unpaired) electrons. The van der Waals surface area contributed by atoms with E-state index >= 15 is 0 Å². The van der Waals surface area contributed by atoms with Crippen LogP contribution in [-0.4, -0.2) is 26.1 Å². The van der Waals surface area contributed by atoms with Gasteiger partial charge < -0.3 is 5.32 Å². The maximum atomic E-state index is 4.23. The average Bonchev–Trinajstić information content (AvgIpc) is 3.17. The van der Waals surface area contributed by atoms with E-state index in [0.717, 1.165) is 17.7 Å². The second-order valence-corrected chi connectivity index (χ2v) is 6.44. The number of benzene rings is 1. The molecule has 22 heavy (non-hydrogen) atoms. The predicted octanol–water partition coefficient (Wildman–Crippen LogP) is 2.93. The largest absolute Gasteiger partial charge is 0.310 e. The minimum absolute atomic E-state index is 0.645. The molecule has 3 aromatic rings. The number of pyridine rings is 1. The molecule has 4 rings (SSSR count). The first-order valence-corrected chi connectivity index (χ1v) is 8.07. The topological polar surface area (TPSA) is 55.1 Å². The van der Waals surface area contributed by atoms with Gasteiger partial charge >= 0.3 is 0 Å². The van der Waals surface area contributed by atoms with Crippen molar-refractivity contribution in [2.45, 2.75) is 52.1 Å². The van der Waals surface area contributed by atoms with Crippen LogP contribution in [0.1, 0.15) is 42.4 Å². The van der Waals surface area contributed by atoms with Gasteiger partial charge in [-0.05, 0) is 66.4 Å². The normalized spacial score (nSPS) is 16.1. The van der Waals surface area contributed by atoms with Gasteiger partial charge in [0.25, 0.3) is 0 Å². The Kier molecular flexibility index (Phi) is 3.30. The second kappa shape index (κ2) is 5.32. The van der Waals surface area contributed by atoms with Gasteiger partial charge in [0.1, 0.15) is 0 Å². The zero-order valence-electron chi connectivity index (χ0n) is 13.1. The summed E-state index contributed by atoms with van der Waals surface area (Å²) in [6.07, 6.45) is 5.26. The Morgan fingerprint density at radius 1 is 1.14 bits per heavy atom. The molecular weight excluding hydrogens is 274 g/mol. The van der Waals surface area contributed by atoms with E-state index in [9.17, 15) is 0 Å². The van der Waals surface area contributed by atoms with Crippen molar-refractivity contribution in [1.82, 2.24) is 25.4 Å². The van der Waals surface area contributed by atoms with Gasteiger partial charge in [-0.15, -0.1) is 5.10 Å². The lowest BCUT2D eigenvalue weighted by molar-refractivity contribution is 0.525. The van der Waals surface area contributed by atoms with E-state index in [1.54, 1.807) is 0 Å². The molecule has 1 fully saturated rings. The summed E-state index contributed by atoms with van der Waals surface area (Å²) in [5.74, 6) is 0. The number of nitrogens with zero attached hydrogens (tertiary/aromatic N) is 4. The van der Waals surface area contributed by atoms with Crippen molar-refractivity contribution in [3.05, 3.63) is 34.9 Å². The molecule has 0 unspecified atom stereocenters. The Morgan fingerprint density at radius 3 is 2.73 bits per heavy atom. The first kappa shape index (κ1) is 13.6. The minimum Gasteiger partial charge on any atom is -0.310 e. The van der Waals surface area contributed by atoms with Gasteiger partial charge in [-0.25, -0.2) is 0 Å². The predicted molar refractivity (Wildman–Crippen MR) is 86.9 cm³/mol. The maximum Gasteiger partial charge on any atom is 0.184 e. The third-order valence-corrected chi connectivity index (χ3v) is 4.89. The highest BCUT2D eigenvalue weighted by atomic mass is 15.5. The summed E-state index contributed by atoms with van der Waals surface area (Å²) >= 11 is 0. The van der Waals surface area contributed by atoms with E-state index in [1.807, 2.05) is 4.52 Å². The van der Waals surface area contributed by atoms with E-state index in [2.05, 4.69) is 52.9 Å². The van der Waals surface area contributed by atoms with Crippen molar-refractivity contribution in [2.24, 2.45) is 0 Å². The molecule has 0 bridgehead atoms. The fourth-order valence-corrected chi connectivity index (χ4v) is 3.44. The van der Waals surface area contributed by atoms with Crippen molar-refractivity contribution in [3.63, 3.8) is 0 Å². The fourth-order valence-electron chi connectivity index (χ4n) is 3.44. The Labute approximate surface area is 129 Å². The molecule has 1 aromatic carbocycles. The van der Waals surface area contributed by atoms with Gasteiger partial charge in [-0.3, -0.25) is 0 Å². The van der Waals surface area contributed by atoms with Crippen LogP contribution in [0.5, 0.6) is 0 Å². The lowest BCUT2D eigenvalue weighted by Crippen LogP contribution is -2.25. The highest BCUT2D eigenvalue weighted by Crippen LogP contribution is 2.23. The molecule has 5 heteroatoms. The number of rotatable bonds is 3. The van der Waals surface area contributed by atoms with Crippen molar-refractivity contribution < 1.29 is 0 Å². The Morgan fingerprint density at radius 2 is 1.91 bits per heavy atom. The average molecular weight is 295 g/mol. The summed E-state index contributed by atoms with van der Waals surface area (Å²) < 4.78 is 1.87. The van der Waals surface area contributed by atoms with Crippen LogP contribution in [0.25, 0.3) is 16.6 Å².